The fourth-order valence-electron chi connectivity index (χ4n) is 2.85. The number of rotatable bonds is 9. The molecule has 2 aromatic heterocycles. The van der Waals surface area contributed by atoms with Gasteiger partial charge in [-0.15, -0.1) is 0 Å². The van der Waals surface area contributed by atoms with Crippen LogP contribution in [0.15, 0.2) is 42.9 Å². The van der Waals surface area contributed by atoms with E-state index in [4.69, 9.17) is 16.3 Å². The number of carbonyl (C=O) groups excluding carboxylic acids is 1. The van der Waals surface area contributed by atoms with Crippen molar-refractivity contribution in [1.82, 2.24) is 25.6 Å². The number of methoxy groups -OCH3 is 1. The van der Waals surface area contributed by atoms with Crippen LogP contribution in [0.2, 0.25) is 5.02 Å². The van der Waals surface area contributed by atoms with Crippen molar-refractivity contribution >= 4 is 29.0 Å². The van der Waals surface area contributed by atoms with Crippen molar-refractivity contribution in [2.75, 3.05) is 25.5 Å². The van der Waals surface area contributed by atoms with Crippen LogP contribution in [0.1, 0.15) is 24.2 Å². The van der Waals surface area contributed by atoms with Crippen LogP contribution >= 0.6 is 11.6 Å². The third-order valence-electron chi connectivity index (χ3n) is 4.43. The van der Waals surface area contributed by atoms with E-state index in [0.717, 1.165) is 0 Å². The van der Waals surface area contributed by atoms with Gasteiger partial charge in [0.1, 0.15) is 5.82 Å². The maximum absolute atomic E-state index is 14.3. The van der Waals surface area contributed by atoms with Crippen molar-refractivity contribution < 1.29 is 13.9 Å². The van der Waals surface area contributed by atoms with E-state index in [1.807, 2.05) is 13.8 Å². The molecule has 10 heteroatoms. The third kappa shape index (κ3) is 5.89. The van der Waals surface area contributed by atoms with Gasteiger partial charge in [0.05, 0.1) is 30.1 Å². The van der Waals surface area contributed by atoms with E-state index >= 15 is 0 Å². The molecule has 0 spiro atoms. The van der Waals surface area contributed by atoms with E-state index in [9.17, 15) is 9.18 Å². The lowest BCUT2D eigenvalue weighted by Gasteiger charge is -2.15. The molecule has 2 heterocycles. The Hall–Kier alpha value is -3.30. The van der Waals surface area contributed by atoms with E-state index < -0.39 is 5.82 Å². The van der Waals surface area contributed by atoms with Gasteiger partial charge in [0.15, 0.2) is 17.4 Å². The molecule has 0 unspecified atom stereocenters. The molecule has 3 N–H and O–H groups in total. The summed E-state index contributed by atoms with van der Waals surface area (Å²) in [5, 5.41) is 9.52. The molecule has 0 aliphatic heterocycles. The predicted molar refractivity (Wildman–Crippen MR) is 122 cm³/mol. The number of carbonyl (C=O) groups is 1. The lowest BCUT2D eigenvalue weighted by molar-refractivity contribution is 0.0954. The highest BCUT2D eigenvalue weighted by Gasteiger charge is 2.17. The van der Waals surface area contributed by atoms with Gasteiger partial charge in [-0.1, -0.05) is 25.4 Å². The molecule has 0 atom stereocenters. The average Bonchev–Trinajstić information content (AvgIpc) is 2.78. The van der Waals surface area contributed by atoms with Gasteiger partial charge in [-0.3, -0.25) is 9.78 Å². The highest BCUT2D eigenvalue weighted by Crippen LogP contribution is 2.30. The number of ether oxygens (including phenoxy) is 1. The topological polar surface area (TPSA) is 101 Å². The van der Waals surface area contributed by atoms with Crippen molar-refractivity contribution in [2.45, 2.75) is 19.9 Å². The van der Waals surface area contributed by atoms with Crippen LogP contribution in [0.3, 0.4) is 0 Å². The van der Waals surface area contributed by atoms with Crippen LogP contribution in [0.4, 0.5) is 15.9 Å². The summed E-state index contributed by atoms with van der Waals surface area (Å²) in [4.78, 5) is 25.3. The number of hydrogen-bond donors (Lipinski definition) is 3. The smallest absolute Gasteiger partial charge is 0.255 e. The molecule has 0 radical (unpaired) electrons. The van der Waals surface area contributed by atoms with Gasteiger partial charge in [0.2, 0.25) is 0 Å². The number of benzene rings is 1. The summed E-state index contributed by atoms with van der Waals surface area (Å²) in [6.07, 6.45) is 4.42. The lowest BCUT2D eigenvalue weighted by Crippen LogP contribution is -2.34. The SMILES string of the molecule is COc1cnc(-c2cc(Cl)ccc2F)nc1Nc1ccncc1C(=O)NCCNC(C)C. The number of halogens is 2. The van der Waals surface area contributed by atoms with Gasteiger partial charge in [0, 0.05) is 36.5 Å². The Kier molecular flexibility index (Phi) is 7.91. The Morgan fingerprint density at radius 1 is 1.22 bits per heavy atom. The molecule has 32 heavy (non-hydrogen) atoms. The second kappa shape index (κ2) is 10.8. The van der Waals surface area contributed by atoms with Crippen LogP contribution in [0.25, 0.3) is 11.4 Å². The molecule has 8 nitrogen and oxygen atoms in total. The highest BCUT2D eigenvalue weighted by molar-refractivity contribution is 6.30. The summed E-state index contributed by atoms with van der Waals surface area (Å²) < 4.78 is 19.6. The van der Waals surface area contributed by atoms with Crippen LogP contribution in [-0.2, 0) is 0 Å². The van der Waals surface area contributed by atoms with Gasteiger partial charge in [-0.05, 0) is 24.3 Å². The molecule has 0 aliphatic carbocycles. The molecule has 3 aromatic rings. The van der Waals surface area contributed by atoms with Gasteiger partial charge in [-0.2, -0.15) is 0 Å². The fraction of sp³-hybridized carbons (Fsp3) is 0.273. The van der Waals surface area contributed by atoms with Crippen LogP contribution < -0.4 is 20.7 Å². The number of amides is 1. The van der Waals surface area contributed by atoms with Gasteiger partial charge >= 0.3 is 0 Å². The molecular formula is C22H24ClFN6O2. The maximum atomic E-state index is 14.3. The standard InChI is InChI=1S/C22H24ClFN6O2/c1-13(2)26-8-9-27-22(31)16-11-25-7-6-18(16)29-21-19(32-3)12-28-20(30-21)15-10-14(23)4-5-17(15)24/h4-7,10-13,26H,8-9H2,1-3H3,(H,27,31)(H,25,28,29,30). The monoisotopic (exact) mass is 458 g/mol. The van der Waals surface area contributed by atoms with Gasteiger partial charge < -0.3 is 20.7 Å². The van der Waals surface area contributed by atoms with E-state index in [2.05, 4.69) is 30.9 Å². The minimum atomic E-state index is -0.510. The second-order valence-electron chi connectivity index (χ2n) is 7.15. The minimum absolute atomic E-state index is 0.119. The number of nitrogens with zero attached hydrogens (tertiary/aromatic N) is 3. The average molecular weight is 459 g/mol. The Balaban J connectivity index is 1.87. The Labute approximate surface area is 190 Å². The zero-order chi connectivity index (χ0) is 23.1. The van der Waals surface area contributed by atoms with E-state index in [1.165, 1.54) is 37.7 Å². The van der Waals surface area contributed by atoms with Crippen molar-refractivity contribution in [3.05, 3.63) is 59.3 Å². The summed E-state index contributed by atoms with van der Waals surface area (Å²) in [5.74, 6) is -0.100. The van der Waals surface area contributed by atoms with Crippen LogP contribution in [0, 0.1) is 5.82 Å². The Morgan fingerprint density at radius 2 is 2.03 bits per heavy atom. The largest absolute Gasteiger partial charge is 0.491 e. The number of pyridine rings is 1. The first-order valence-corrected chi connectivity index (χ1v) is 10.4. The molecule has 168 valence electrons. The predicted octanol–water partition coefficient (Wildman–Crippen LogP) is 3.81. The molecule has 0 aliphatic rings. The Morgan fingerprint density at radius 3 is 2.78 bits per heavy atom. The summed E-state index contributed by atoms with van der Waals surface area (Å²) >= 11 is 6.00. The summed E-state index contributed by atoms with van der Waals surface area (Å²) in [6.45, 7) is 5.16. The van der Waals surface area contributed by atoms with Crippen molar-refractivity contribution in [3.8, 4) is 17.1 Å². The maximum Gasteiger partial charge on any atom is 0.255 e. The van der Waals surface area contributed by atoms with Crippen molar-refractivity contribution in [3.63, 3.8) is 0 Å². The number of hydrogen-bond acceptors (Lipinski definition) is 7. The highest BCUT2D eigenvalue weighted by atomic mass is 35.5. The quantitative estimate of drug-likeness (QED) is 0.419. The molecule has 0 saturated carbocycles. The van der Waals surface area contributed by atoms with E-state index in [1.54, 1.807) is 12.3 Å². The third-order valence-corrected chi connectivity index (χ3v) is 4.66. The number of aromatic nitrogens is 3. The van der Waals surface area contributed by atoms with Gasteiger partial charge in [0.25, 0.3) is 5.91 Å². The molecule has 0 fully saturated rings. The van der Waals surface area contributed by atoms with Crippen LogP contribution in [-0.4, -0.2) is 47.1 Å². The first-order chi connectivity index (χ1) is 15.4. The Bertz CT molecular complexity index is 1100. The normalized spacial score (nSPS) is 10.8. The zero-order valence-corrected chi connectivity index (χ0v) is 18.7. The van der Waals surface area contributed by atoms with Crippen LogP contribution in [0.5, 0.6) is 5.75 Å². The molecule has 1 amide bonds. The van der Waals surface area contributed by atoms with Crippen molar-refractivity contribution in [2.24, 2.45) is 0 Å². The lowest BCUT2D eigenvalue weighted by atomic mass is 10.2. The number of nitrogens with one attached hydrogen (secondary N) is 3. The molecule has 1 aromatic carbocycles. The minimum Gasteiger partial charge on any atom is -0.491 e. The van der Waals surface area contributed by atoms with Gasteiger partial charge in [-0.25, -0.2) is 14.4 Å². The van der Waals surface area contributed by atoms with E-state index in [0.29, 0.717) is 41.2 Å². The second-order valence-corrected chi connectivity index (χ2v) is 7.58. The fourth-order valence-corrected chi connectivity index (χ4v) is 3.02. The molecular weight excluding hydrogens is 435 g/mol. The summed E-state index contributed by atoms with van der Waals surface area (Å²) in [5.41, 5.74) is 0.936. The molecule has 0 saturated heterocycles. The summed E-state index contributed by atoms with van der Waals surface area (Å²) in [6, 6.07) is 6.10. The van der Waals surface area contributed by atoms with Crippen molar-refractivity contribution in [1.29, 1.82) is 0 Å². The first-order valence-electron chi connectivity index (χ1n) is 9.98. The molecule has 3 rings (SSSR count). The van der Waals surface area contributed by atoms with E-state index in [-0.39, 0.29) is 23.1 Å². The molecule has 0 bridgehead atoms. The number of anilines is 2. The first kappa shape index (κ1) is 23.4. The summed E-state index contributed by atoms with van der Waals surface area (Å²) in [7, 11) is 1.46. The zero-order valence-electron chi connectivity index (χ0n) is 17.9.